The van der Waals surface area contributed by atoms with E-state index in [0.29, 0.717) is 5.54 Å². The highest BCUT2D eigenvalue weighted by atomic mass is 32.2. The lowest BCUT2D eigenvalue weighted by Crippen LogP contribution is -2.40. The average Bonchev–Trinajstić information content (AvgIpc) is 3.04. The van der Waals surface area contributed by atoms with Crippen LogP contribution in [0.5, 0.6) is 0 Å². The molecule has 1 unspecified atom stereocenters. The average molecular weight is 254 g/mol. The summed E-state index contributed by atoms with van der Waals surface area (Å²) >= 11 is 1.93. The van der Waals surface area contributed by atoms with Crippen LogP contribution < -0.4 is 5.32 Å². The fraction of sp³-hybridized carbons (Fsp3) is 0.923. The van der Waals surface area contributed by atoms with E-state index in [-0.39, 0.29) is 0 Å². The van der Waals surface area contributed by atoms with E-state index in [0.717, 1.165) is 25.7 Å². The summed E-state index contributed by atoms with van der Waals surface area (Å²) in [6.45, 7) is 2.88. The smallest absolute Gasteiger partial charge is 0.157 e. The lowest BCUT2D eigenvalue weighted by molar-refractivity contribution is 0.184. The zero-order chi connectivity index (χ0) is 11.6. The summed E-state index contributed by atoms with van der Waals surface area (Å²) in [5.74, 6) is 1.99. The van der Waals surface area contributed by atoms with Gasteiger partial charge >= 0.3 is 0 Å². The summed E-state index contributed by atoms with van der Waals surface area (Å²) in [4.78, 5) is 4.72. The quantitative estimate of drug-likeness (QED) is 0.840. The van der Waals surface area contributed by atoms with E-state index in [1.54, 1.807) is 0 Å². The van der Waals surface area contributed by atoms with Crippen LogP contribution in [0.4, 0.5) is 0 Å². The highest BCUT2D eigenvalue weighted by molar-refractivity contribution is 8.14. The van der Waals surface area contributed by atoms with Gasteiger partial charge in [0, 0.05) is 31.1 Å². The predicted octanol–water partition coefficient (Wildman–Crippen LogP) is 2.42. The van der Waals surface area contributed by atoms with E-state index in [4.69, 9.17) is 9.73 Å². The molecule has 2 saturated heterocycles. The summed E-state index contributed by atoms with van der Waals surface area (Å²) < 4.78 is 5.39. The van der Waals surface area contributed by atoms with Crippen LogP contribution in [0.15, 0.2) is 4.99 Å². The molecule has 1 saturated carbocycles. The van der Waals surface area contributed by atoms with E-state index in [1.807, 2.05) is 11.8 Å². The molecule has 0 aromatic carbocycles. The van der Waals surface area contributed by atoms with Gasteiger partial charge in [-0.2, -0.15) is 0 Å². The maximum Gasteiger partial charge on any atom is 0.157 e. The number of hydrogen-bond acceptors (Lipinski definition) is 3. The molecule has 2 heterocycles. The van der Waals surface area contributed by atoms with E-state index in [2.05, 4.69) is 5.32 Å². The van der Waals surface area contributed by atoms with E-state index in [9.17, 15) is 0 Å². The van der Waals surface area contributed by atoms with Gasteiger partial charge in [0.2, 0.25) is 0 Å². The first-order chi connectivity index (χ1) is 8.36. The van der Waals surface area contributed by atoms with Crippen LogP contribution in [0.25, 0.3) is 0 Å². The Kier molecular flexibility index (Phi) is 3.61. The van der Waals surface area contributed by atoms with E-state index in [1.165, 1.54) is 49.4 Å². The molecule has 1 spiro atoms. The van der Waals surface area contributed by atoms with Crippen molar-refractivity contribution < 1.29 is 4.74 Å². The SMILES string of the molecule is C1CCC2(C1)CSC(=NCCC1CCOC1)N2. The number of thioether (sulfide) groups is 1. The van der Waals surface area contributed by atoms with Crippen LogP contribution in [0.2, 0.25) is 0 Å². The molecular weight excluding hydrogens is 232 g/mol. The zero-order valence-electron chi connectivity index (χ0n) is 10.4. The van der Waals surface area contributed by atoms with E-state index >= 15 is 0 Å². The van der Waals surface area contributed by atoms with Crippen LogP contribution in [0.3, 0.4) is 0 Å². The summed E-state index contributed by atoms with van der Waals surface area (Å²) in [6.07, 6.45) is 7.89. The van der Waals surface area contributed by atoms with Crippen molar-refractivity contribution in [1.29, 1.82) is 0 Å². The first kappa shape index (κ1) is 11.8. The van der Waals surface area contributed by atoms with Gasteiger partial charge < -0.3 is 10.1 Å². The Balaban J connectivity index is 1.45. The van der Waals surface area contributed by atoms with Gasteiger partial charge in [0.15, 0.2) is 5.17 Å². The van der Waals surface area contributed by atoms with Crippen LogP contribution in [-0.2, 0) is 4.74 Å². The van der Waals surface area contributed by atoms with Gasteiger partial charge in [-0.05, 0) is 31.6 Å². The second-order valence-electron chi connectivity index (χ2n) is 5.61. The molecule has 0 amide bonds. The van der Waals surface area contributed by atoms with Crippen molar-refractivity contribution in [3.63, 3.8) is 0 Å². The Morgan fingerprint density at radius 1 is 1.41 bits per heavy atom. The van der Waals surface area contributed by atoms with Gasteiger partial charge in [-0.15, -0.1) is 0 Å². The minimum atomic E-state index is 0.417. The molecule has 0 aromatic heterocycles. The molecule has 3 aliphatic rings. The van der Waals surface area contributed by atoms with Crippen molar-refractivity contribution in [2.24, 2.45) is 10.9 Å². The molecule has 3 rings (SSSR count). The summed E-state index contributed by atoms with van der Waals surface area (Å²) in [5.41, 5.74) is 0.417. The fourth-order valence-electron chi connectivity index (χ4n) is 3.07. The lowest BCUT2D eigenvalue weighted by atomic mass is 10.0. The molecule has 0 radical (unpaired) electrons. The van der Waals surface area contributed by atoms with Crippen molar-refractivity contribution in [3.05, 3.63) is 0 Å². The highest BCUT2D eigenvalue weighted by Crippen LogP contribution is 2.37. The molecule has 0 aromatic rings. The predicted molar refractivity (Wildman–Crippen MR) is 72.6 cm³/mol. The number of ether oxygens (including phenoxy) is 1. The van der Waals surface area contributed by atoms with Crippen LogP contribution in [0.1, 0.15) is 38.5 Å². The number of nitrogens with zero attached hydrogens (tertiary/aromatic N) is 1. The van der Waals surface area contributed by atoms with Crippen molar-refractivity contribution in [2.75, 3.05) is 25.5 Å². The Hall–Kier alpha value is -0.220. The monoisotopic (exact) mass is 254 g/mol. The molecule has 3 nitrogen and oxygen atoms in total. The van der Waals surface area contributed by atoms with Gasteiger partial charge in [-0.3, -0.25) is 4.99 Å². The van der Waals surface area contributed by atoms with Crippen molar-refractivity contribution in [2.45, 2.75) is 44.1 Å². The molecule has 3 fully saturated rings. The molecule has 1 N–H and O–H groups in total. The third-order valence-corrected chi connectivity index (χ3v) is 5.44. The van der Waals surface area contributed by atoms with Gasteiger partial charge in [0.1, 0.15) is 0 Å². The van der Waals surface area contributed by atoms with Gasteiger partial charge in [-0.1, -0.05) is 24.6 Å². The molecule has 2 aliphatic heterocycles. The minimum absolute atomic E-state index is 0.417. The largest absolute Gasteiger partial charge is 0.381 e. The molecule has 4 heteroatoms. The molecule has 0 bridgehead atoms. The van der Waals surface area contributed by atoms with E-state index < -0.39 is 0 Å². The fourth-order valence-corrected chi connectivity index (χ4v) is 4.32. The number of rotatable bonds is 3. The van der Waals surface area contributed by atoms with Gasteiger partial charge in [0.25, 0.3) is 0 Å². The van der Waals surface area contributed by atoms with Crippen molar-refractivity contribution in [3.8, 4) is 0 Å². The molecule has 17 heavy (non-hydrogen) atoms. The summed E-state index contributed by atoms with van der Waals surface area (Å²) in [6, 6.07) is 0. The lowest BCUT2D eigenvalue weighted by Gasteiger charge is -2.21. The third-order valence-electron chi connectivity index (χ3n) is 4.23. The molecule has 1 atom stereocenters. The maximum absolute atomic E-state index is 5.39. The second kappa shape index (κ2) is 5.19. The summed E-state index contributed by atoms with van der Waals surface area (Å²) in [5, 5.41) is 4.87. The number of hydrogen-bond donors (Lipinski definition) is 1. The first-order valence-electron chi connectivity index (χ1n) is 6.90. The van der Waals surface area contributed by atoms with Crippen LogP contribution in [0, 0.1) is 5.92 Å². The Bertz CT molecular complexity index is 294. The molecule has 1 aliphatic carbocycles. The minimum Gasteiger partial charge on any atom is -0.381 e. The maximum atomic E-state index is 5.39. The number of amidine groups is 1. The topological polar surface area (TPSA) is 33.6 Å². The Labute approximate surface area is 108 Å². The summed E-state index contributed by atoms with van der Waals surface area (Å²) in [7, 11) is 0. The zero-order valence-corrected chi connectivity index (χ0v) is 11.2. The van der Waals surface area contributed by atoms with Crippen molar-refractivity contribution in [1.82, 2.24) is 5.32 Å². The van der Waals surface area contributed by atoms with Gasteiger partial charge in [0.05, 0.1) is 0 Å². The normalized spacial score (nSPS) is 33.6. The number of nitrogens with one attached hydrogen (secondary N) is 1. The number of aliphatic imine (C=N–C) groups is 1. The van der Waals surface area contributed by atoms with Crippen LogP contribution >= 0.6 is 11.8 Å². The first-order valence-corrected chi connectivity index (χ1v) is 7.88. The molecular formula is C13H22N2OS. The highest BCUT2D eigenvalue weighted by Gasteiger charge is 2.39. The molecule has 96 valence electrons. The Morgan fingerprint density at radius 2 is 2.29 bits per heavy atom. The second-order valence-corrected chi connectivity index (χ2v) is 6.57. The van der Waals surface area contributed by atoms with Gasteiger partial charge in [-0.25, -0.2) is 0 Å². The Morgan fingerprint density at radius 3 is 3.06 bits per heavy atom. The van der Waals surface area contributed by atoms with Crippen LogP contribution in [-0.4, -0.2) is 36.2 Å². The third kappa shape index (κ3) is 2.79. The standard InChI is InChI=1S/C13H22N2OS/c1-2-6-13(5-1)10-17-12(15-13)14-7-3-11-4-8-16-9-11/h11H,1-10H2,(H,14,15). The van der Waals surface area contributed by atoms with Crippen molar-refractivity contribution >= 4 is 16.9 Å².